The second-order valence-electron chi connectivity index (χ2n) is 4.14. The minimum atomic E-state index is -0.105. The van der Waals surface area contributed by atoms with E-state index >= 15 is 0 Å². The van der Waals surface area contributed by atoms with E-state index < -0.39 is 0 Å². The van der Waals surface area contributed by atoms with Crippen LogP contribution >= 0.6 is 23.2 Å². The van der Waals surface area contributed by atoms with Gasteiger partial charge in [0.15, 0.2) is 0 Å². The lowest BCUT2D eigenvalue weighted by molar-refractivity contribution is 0.760. The second-order valence-corrected chi connectivity index (χ2v) is 4.95. The first-order chi connectivity index (χ1) is 7.99. The van der Waals surface area contributed by atoms with Gasteiger partial charge in [-0.3, -0.25) is 9.89 Å². The molecule has 0 atom stereocenters. The Morgan fingerprint density at radius 2 is 1.88 bits per heavy atom. The van der Waals surface area contributed by atoms with Gasteiger partial charge >= 0.3 is 0 Å². The predicted octanol–water partition coefficient (Wildman–Crippen LogP) is 3.60. The van der Waals surface area contributed by atoms with E-state index in [2.05, 4.69) is 5.10 Å². The van der Waals surface area contributed by atoms with Gasteiger partial charge < -0.3 is 0 Å². The highest BCUT2D eigenvalue weighted by atomic mass is 35.5. The molecule has 1 heterocycles. The molecule has 0 aliphatic rings. The third-order valence-corrected chi connectivity index (χ3v) is 3.26. The summed E-state index contributed by atoms with van der Waals surface area (Å²) in [6.45, 7) is 4.04. The van der Waals surface area contributed by atoms with Gasteiger partial charge in [-0.25, -0.2) is 4.68 Å². The summed E-state index contributed by atoms with van der Waals surface area (Å²) in [5.74, 6) is 0.270. The van der Waals surface area contributed by atoms with Crippen molar-refractivity contribution in [3.63, 3.8) is 0 Å². The average Bonchev–Trinajstić information content (AvgIpc) is 2.65. The minimum Gasteiger partial charge on any atom is -0.295 e. The van der Waals surface area contributed by atoms with Gasteiger partial charge in [-0.1, -0.05) is 37.0 Å². The van der Waals surface area contributed by atoms with Crippen LogP contribution < -0.4 is 5.56 Å². The summed E-state index contributed by atoms with van der Waals surface area (Å²) in [6, 6.07) is 6.66. The van der Waals surface area contributed by atoms with E-state index in [0.29, 0.717) is 15.7 Å². The number of nitrogens with one attached hydrogen (secondary N) is 1. The number of aromatic amines is 1. The summed E-state index contributed by atoms with van der Waals surface area (Å²) in [7, 11) is 0. The van der Waals surface area contributed by atoms with Crippen molar-refractivity contribution in [2.45, 2.75) is 19.8 Å². The number of H-pyrrole nitrogens is 1. The molecule has 0 bridgehead atoms. The average molecular weight is 271 g/mol. The third-order valence-electron chi connectivity index (χ3n) is 2.52. The van der Waals surface area contributed by atoms with Gasteiger partial charge in [0.05, 0.1) is 15.7 Å². The molecule has 1 N–H and O–H groups in total. The van der Waals surface area contributed by atoms with Crippen molar-refractivity contribution in [2.75, 3.05) is 0 Å². The van der Waals surface area contributed by atoms with Crippen LogP contribution in [-0.4, -0.2) is 9.78 Å². The van der Waals surface area contributed by atoms with Gasteiger partial charge in [0, 0.05) is 11.8 Å². The zero-order chi connectivity index (χ0) is 12.6. The van der Waals surface area contributed by atoms with Crippen LogP contribution in [0.3, 0.4) is 0 Å². The van der Waals surface area contributed by atoms with Crippen LogP contribution in [0.5, 0.6) is 0 Å². The van der Waals surface area contributed by atoms with Crippen molar-refractivity contribution in [3.05, 3.63) is 50.4 Å². The summed E-state index contributed by atoms with van der Waals surface area (Å²) in [6.07, 6.45) is 0. The lowest BCUT2D eigenvalue weighted by Crippen LogP contribution is -2.13. The van der Waals surface area contributed by atoms with Crippen LogP contribution in [0.4, 0.5) is 0 Å². The summed E-state index contributed by atoms with van der Waals surface area (Å²) >= 11 is 11.8. The molecule has 2 rings (SSSR count). The Labute approximate surface area is 109 Å². The normalized spacial score (nSPS) is 11.1. The Morgan fingerprint density at radius 1 is 1.18 bits per heavy atom. The molecule has 0 aliphatic carbocycles. The molecule has 0 unspecified atom stereocenters. The molecule has 2 aromatic rings. The van der Waals surface area contributed by atoms with E-state index in [1.54, 1.807) is 24.3 Å². The quantitative estimate of drug-likeness (QED) is 0.890. The maximum absolute atomic E-state index is 11.8. The van der Waals surface area contributed by atoms with Crippen LogP contribution in [0.15, 0.2) is 29.1 Å². The monoisotopic (exact) mass is 270 g/mol. The minimum absolute atomic E-state index is 0.105. The summed E-state index contributed by atoms with van der Waals surface area (Å²) in [5, 5.41) is 3.95. The smallest absolute Gasteiger partial charge is 0.271 e. The Bertz CT molecular complexity index is 599. The molecule has 0 fully saturated rings. The third kappa shape index (κ3) is 2.40. The van der Waals surface area contributed by atoms with Crippen molar-refractivity contribution >= 4 is 23.2 Å². The van der Waals surface area contributed by atoms with Gasteiger partial charge in [-0.05, 0) is 24.1 Å². The Hall–Kier alpha value is -1.19. The number of nitrogens with zero attached hydrogens (tertiary/aromatic N) is 1. The van der Waals surface area contributed by atoms with Crippen LogP contribution in [-0.2, 0) is 0 Å². The van der Waals surface area contributed by atoms with Gasteiger partial charge in [0.1, 0.15) is 0 Å². The highest BCUT2D eigenvalue weighted by molar-refractivity contribution is 6.42. The predicted molar refractivity (Wildman–Crippen MR) is 70.5 cm³/mol. The first kappa shape index (κ1) is 12.3. The Morgan fingerprint density at radius 3 is 2.41 bits per heavy atom. The van der Waals surface area contributed by atoms with E-state index in [0.717, 1.165) is 5.69 Å². The number of hydrogen-bond acceptors (Lipinski definition) is 1. The van der Waals surface area contributed by atoms with Crippen molar-refractivity contribution in [3.8, 4) is 5.69 Å². The molecule has 3 nitrogen and oxygen atoms in total. The fraction of sp³-hybridized carbons (Fsp3) is 0.250. The van der Waals surface area contributed by atoms with Gasteiger partial charge in [-0.15, -0.1) is 0 Å². The number of rotatable bonds is 2. The number of hydrogen-bond donors (Lipinski definition) is 1. The fourth-order valence-corrected chi connectivity index (χ4v) is 1.82. The molecule has 0 spiro atoms. The zero-order valence-corrected chi connectivity index (χ0v) is 11.0. The maximum Gasteiger partial charge on any atom is 0.271 e. The molecular formula is C12H12Cl2N2O. The Balaban J connectivity index is 2.53. The second kappa shape index (κ2) is 4.59. The molecule has 5 heteroatoms. The molecule has 90 valence electrons. The number of aromatic nitrogens is 2. The lowest BCUT2D eigenvalue weighted by atomic mass is 10.1. The molecule has 17 heavy (non-hydrogen) atoms. The lowest BCUT2D eigenvalue weighted by Gasteiger charge is -2.04. The highest BCUT2D eigenvalue weighted by Gasteiger charge is 2.09. The first-order valence-corrected chi connectivity index (χ1v) is 6.02. The Kier molecular flexibility index (Phi) is 3.31. The zero-order valence-electron chi connectivity index (χ0n) is 9.50. The molecule has 1 aromatic carbocycles. The number of halogens is 2. The first-order valence-electron chi connectivity index (χ1n) is 5.26. The van der Waals surface area contributed by atoms with Crippen molar-refractivity contribution in [1.82, 2.24) is 9.78 Å². The topological polar surface area (TPSA) is 37.8 Å². The molecule has 0 saturated carbocycles. The molecule has 1 aromatic heterocycles. The summed E-state index contributed by atoms with van der Waals surface area (Å²) < 4.78 is 1.46. The van der Waals surface area contributed by atoms with E-state index in [1.807, 2.05) is 13.8 Å². The fourth-order valence-electron chi connectivity index (χ4n) is 1.53. The molecule has 0 amide bonds. The van der Waals surface area contributed by atoms with Gasteiger partial charge in [-0.2, -0.15) is 0 Å². The van der Waals surface area contributed by atoms with E-state index in [1.165, 1.54) is 4.68 Å². The van der Waals surface area contributed by atoms with Crippen molar-refractivity contribution < 1.29 is 0 Å². The maximum atomic E-state index is 11.8. The highest BCUT2D eigenvalue weighted by Crippen LogP contribution is 2.23. The molecule has 0 saturated heterocycles. The van der Waals surface area contributed by atoms with Crippen LogP contribution in [0.25, 0.3) is 5.69 Å². The van der Waals surface area contributed by atoms with Crippen molar-refractivity contribution in [1.29, 1.82) is 0 Å². The van der Waals surface area contributed by atoms with Gasteiger partial charge in [0.25, 0.3) is 5.56 Å². The van der Waals surface area contributed by atoms with Crippen molar-refractivity contribution in [2.24, 2.45) is 0 Å². The van der Waals surface area contributed by atoms with Crippen LogP contribution in [0.2, 0.25) is 10.0 Å². The number of benzene rings is 1. The standard InChI is InChI=1S/C12H12Cl2N2O/c1-7(2)11-6-12(17)16(15-11)8-3-4-9(13)10(14)5-8/h3-7,15H,1-2H3. The largest absolute Gasteiger partial charge is 0.295 e. The molecule has 0 aliphatic heterocycles. The SMILES string of the molecule is CC(C)c1cc(=O)n(-c2ccc(Cl)c(Cl)c2)[nH]1. The summed E-state index contributed by atoms with van der Waals surface area (Å²) in [5.41, 5.74) is 1.46. The van der Waals surface area contributed by atoms with Crippen LogP contribution in [0.1, 0.15) is 25.5 Å². The molecular weight excluding hydrogens is 259 g/mol. The van der Waals surface area contributed by atoms with Crippen LogP contribution in [0, 0.1) is 0 Å². The van der Waals surface area contributed by atoms with Gasteiger partial charge in [0.2, 0.25) is 0 Å². The van der Waals surface area contributed by atoms with E-state index in [-0.39, 0.29) is 11.5 Å². The molecule has 0 radical (unpaired) electrons. The summed E-state index contributed by atoms with van der Waals surface area (Å²) in [4.78, 5) is 11.8. The van der Waals surface area contributed by atoms with E-state index in [4.69, 9.17) is 23.2 Å². The van der Waals surface area contributed by atoms with E-state index in [9.17, 15) is 4.79 Å².